The van der Waals surface area contributed by atoms with Crippen molar-refractivity contribution in [3.8, 4) is 11.5 Å². The third-order valence-corrected chi connectivity index (χ3v) is 2.62. The molecule has 94 valence electrons. The van der Waals surface area contributed by atoms with Crippen molar-refractivity contribution in [1.29, 1.82) is 0 Å². The van der Waals surface area contributed by atoms with Gasteiger partial charge >= 0.3 is 0 Å². The number of methoxy groups -OCH3 is 1. The van der Waals surface area contributed by atoms with Crippen LogP contribution in [0.1, 0.15) is 12.5 Å². The molecule has 0 aliphatic heterocycles. The highest BCUT2D eigenvalue weighted by molar-refractivity contribution is 6.25. The summed E-state index contributed by atoms with van der Waals surface area (Å²) >= 11 is 5.58. The summed E-state index contributed by atoms with van der Waals surface area (Å²) in [6, 6.07) is 5.88. The van der Waals surface area contributed by atoms with E-state index in [4.69, 9.17) is 21.1 Å². The second kappa shape index (κ2) is 7.20. The van der Waals surface area contributed by atoms with Crippen molar-refractivity contribution in [2.24, 2.45) is 0 Å². The van der Waals surface area contributed by atoms with Gasteiger partial charge in [0.05, 0.1) is 7.11 Å². The van der Waals surface area contributed by atoms with Crippen LogP contribution in [0.25, 0.3) is 0 Å². The van der Waals surface area contributed by atoms with Crippen LogP contribution >= 0.6 is 11.6 Å². The number of hydrogen-bond donors (Lipinski definition) is 1. The monoisotopic (exact) mass is 255 g/mol. The van der Waals surface area contributed by atoms with Gasteiger partial charge in [-0.25, -0.2) is 0 Å². The van der Waals surface area contributed by atoms with Crippen LogP contribution in [0.2, 0.25) is 0 Å². The lowest BCUT2D eigenvalue weighted by molar-refractivity contribution is 0.319. The fourth-order valence-electron chi connectivity index (χ4n) is 1.37. The third-order valence-electron chi connectivity index (χ3n) is 2.25. The topological polar surface area (TPSA) is 30.5 Å². The molecule has 0 radical (unpaired) electrons. The quantitative estimate of drug-likeness (QED) is 0.848. The van der Waals surface area contributed by atoms with E-state index < -0.39 is 0 Å². The Morgan fingerprint density at radius 1 is 1.41 bits per heavy atom. The Balaban J connectivity index is 2.78. The van der Waals surface area contributed by atoms with Gasteiger partial charge in [-0.05, 0) is 37.2 Å². The fourth-order valence-corrected chi connectivity index (χ4v) is 1.43. The summed E-state index contributed by atoms with van der Waals surface area (Å²) in [6.45, 7) is 3.18. The zero-order chi connectivity index (χ0) is 12.7. The summed E-state index contributed by atoms with van der Waals surface area (Å²) in [6.07, 6.45) is 0. The molecular formula is C13H18ClNO2. The normalized spacial score (nSPS) is 11.4. The highest BCUT2D eigenvalue weighted by Crippen LogP contribution is 2.28. The summed E-state index contributed by atoms with van der Waals surface area (Å²) in [5.74, 6) is 1.46. The summed E-state index contributed by atoms with van der Waals surface area (Å²) in [7, 11) is 3.54. The maximum absolute atomic E-state index is 5.62. The van der Waals surface area contributed by atoms with E-state index in [0.29, 0.717) is 6.61 Å². The van der Waals surface area contributed by atoms with E-state index >= 15 is 0 Å². The molecule has 0 fully saturated rings. The molecule has 0 unspecified atom stereocenters. The van der Waals surface area contributed by atoms with Crippen LogP contribution in [0, 0.1) is 0 Å². The lowest BCUT2D eigenvalue weighted by Gasteiger charge is -2.12. The Labute approximate surface area is 107 Å². The molecule has 1 aromatic carbocycles. The minimum atomic E-state index is 0.464. The molecule has 1 rings (SSSR count). The molecule has 0 saturated carbocycles. The first kappa shape index (κ1) is 13.9. The van der Waals surface area contributed by atoms with Crippen LogP contribution in [0.4, 0.5) is 0 Å². The zero-order valence-electron chi connectivity index (χ0n) is 10.4. The number of ether oxygens (including phenoxy) is 2. The number of halogens is 1. The lowest BCUT2D eigenvalue weighted by Crippen LogP contribution is -2.06. The highest BCUT2D eigenvalue weighted by Gasteiger charge is 2.05. The fraction of sp³-hybridized carbons (Fsp3) is 0.385. The van der Waals surface area contributed by atoms with Crippen molar-refractivity contribution in [1.82, 2.24) is 5.32 Å². The van der Waals surface area contributed by atoms with Crippen molar-refractivity contribution < 1.29 is 9.47 Å². The summed E-state index contributed by atoms with van der Waals surface area (Å²) in [4.78, 5) is 0. The Kier molecular flexibility index (Phi) is 5.87. The van der Waals surface area contributed by atoms with E-state index in [1.54, 1.807) is 7.11 Å². The second-order valence-electron chi connectivity index (χ2n) is 3.76. The summed E-state index contributed by atoms with van der Waals surface area (Å²) in [5.41, 5.74) is 3.64. The van der Waals surface area contributed by atoms with Gasteiger partial charge in [0, 0.05) is 12.1 Å². The van der Waals surface area contributed by atoms with Crippen molar-refractivity contribution >= 4 is 11.6 Å². The highest BCUT2D eigenvalue weighted by atomic mass is 35.5. The number of rotatable bonds is 6. The number of benzene rings is 1. The van der Waals surface area contributed by atoms with Gasteiger partial charge in [0.1, 0.15) is 6.61 Å². The van der Waals surface area contributed by atoms with Gasteiger partial charge in [0.25, 0.3) is 0 Å². The van der Waals surface area contributed by atoms with Crippen LogP contribution < -0.4 is 14.8 Å². The average Bonchev–Trinajstić information content (AvgIpc) is 2.36. The van der Waals surface area contributed by atoms with Gasteiger partial charge in [-0.1, -0.05) is 17.7 Å². The molecule has 4 heteroatoms. The van der Waals surface area contributed by atoms with Gasteiger partial charge in [-0.3, -0.25) is 0 Å². The molecular weight excluding hydrogens is 238 g/mol. The summed E-state index contributed by atoms with van der Waals surface area (Å²) in [5, 5.41) is 3.09. The Morgan fingerprint density at radius 2 is 2.18 bits per heavy atom. The van der Waals surface area contributed by atoms with E-state index in [1.165, 1.54) is 5.54 Å². The predicted molar refractivity (Wildman–Crippen MR) is 70.9 cm³/mol. The SMILES string of the molecule is CNCc1ccc(OC/C(C)=C/Cl)c(OC)c1. The summed E-state index contributed by atoms with van der Waals surface area (Å²) < 4.78 is 10.9. The molecule has 1 N–H and O–H groups in total. The minimum absolute atomic E-state index is 0.464. The molecule has 0 heterocycles. The minimum Gasteiger partial charge on any atom is -0.493 e. The number of nitrogens with one attached hydrogen (secondary N) is 1. The van der Waals surface area contributed by atoms with Gasteiger partial charge in [-0.15, -0.1) is 0 Å². The van der Waals surface area contributed by atoms with Gasteiger partial charge in [-0.2, -0.15) is 0 Å². The van der Waals surface area contributed by atoms with Crippen LogP contribution in [0.5, 0.6) is 11.5 Å². The smallest absolute Gasteiger partial charge is 0.161 e. The molecule has 0 aliphatic carbocycles. The molecule has 0 amide bonds. The van der Waals surface area contributed by atoms with E-state index in [9.17, 15) is 0 Å². The van der Waals surface area contributed by atoms with Crippen molar-refractivity contribution in [3.63, 3.8) is 0 Å². The van der Waals surface area contributed by atoms with Crippen molar-refractivity contribution in [2.45, 2.75) is 13.5 Å². The Bertz CT molecular complexity index is 391. The third kappa shape index (κ3) is 4.29. The van der Waals surface area contributed by atoms with E-state index in [1.807, 2.05) is 32.2 Å². The molecule has 0 atom stereocenters. The van der Waals surface area contributed by atoms with E-state index in [0.717, 1.165) is 29.2 Å². The molecule has 3 nitrogen and oxygen atoms in total. The van der Waals surface area contributed by atoms with Crippen LogP contribution in [-0.2, 0) is 6.54 Å². The molecule has 17 heavy (non-hydrogen) atoms. The molecule has 0 saturated heterocycles. The maximum Gasteiger partial charge on any atom is 0.161 e. The standard InChI is InChI=1S/C13H18ClNO2/c1-10(7-14)9-17-12-5-4-11(8-15-2)6-13(12)16-3/h4-7,15H,8-9H2,1-3H3/b10-7+. The van der Waals surface area contributed by atoms with E-state index in [2.05, 4.69) is 5.32 Å². The average molecular weight is 256 g/mol. The van der Waals surface area contributed by atoms with Crippen LogP contribution in [0.15, 0.2) is 29.3 Å². The maximum atomic E-state index is 5.62. The molecule has 0 spiro atoms. The Hall–Kier alpha value is -1.19. The van der Waals surface area contributed by atoms with Gasteiger partial charge in [0.15, 0.2) is 11.5 Å². The Morgan fingerprint density at radius 3 is 2.76 bits per heavy atom. The van der Waals surface area contributed by atoms with Crippen molar-refractivity contribution in [3.05, 3.63) is 34.9 Å². The molecule has 0 bridgehead atoms. The van der Waals surface area contributed by atoms with Crippen LogP contribution in [0.3, 0.4) is 0 Å². The van der Waals surface area contributed by atoms with Gasteiger partial charge in [0.2, 0.25) is 0 Å². The van der Waals surface area contributed by atoms with Crippen molar-refractivity contribution in [2.75, 3.05) is 20.8 Å². The molecule has 0 aromatic heterocycles. The zero-order valence-corrected chi connectivity index (χ0v) is 11.2. The molecule has 1 aromatic rings. The molecule has 0 aliphatic rings. The first-order chi connectivity index (χ1) is 8.21. The lowest BCUT2D eigenvalue weighted by atomic mass is 10.2. The van der Waals surface area contributed by atoms with E-state index in [-0.39, 0.29) is 0 Å². The first-order valence-corrected chi connectivity index (χ1v) is 5.85. The van der Waals surface area contributed by atoms with Crippen LogP contribution in [-0.4, -0.2) is 20.8 Å². The predicted octanol–water partition coefficient (Wildman–Crippen LogP) is 2.94. The first-order valence-electron chi connectivity index (χ1n) is 5.41. The van der Waals surface area contributed by atoms with Gasteiger partial charge < -0.3 is 14.8 Å². The second-order valence-corrected chi connectivity index (χ2v) is 3.98. The largest absolute Gasteiger partial charge is 0.493 e. The number of hydrogen-bond acceptors (Lipinski definition) is 3.